The zero-order chi connectivity index (χ0) is 13.8. The lowest BCUT2D eigenvalue weighted by Gasteiger charge is -2.38. The Labute approximate surface area is 117 Å². The maximum Gasteiger partial charge on any atom is 0.327 e. The third kappa shape index (κ3) is 1.72. The Balaban J connectivity index is 1.89. The summed E-state index contributed by atoms with van der Waals surface area (Å²) < 4.78 is 4.92. The van der Waals surface area contributed by atoms with Crippen LogP contribution in [-0.2, 0) is 14.3 Å². The zero-order valence-corrected chi connectivity index (χ0v) is 12.0. The van der Waals surface area contributed by atoms with Gasteiger partial charge in [0.15, 0.2) is 4.87 Å². The summed E-state index contributed by atoms with van der Waals surface area (Å²) in [5.74, 6) is -0.239. The molecular formula is C14H18ClNO3. The minimum absolute atomic E-state index is 0.0810. The molecule has 0 aromatic heterocycles. The van der Waals surface area contributed by atoms with E-state index in [4.69, 9.17) is 16.3 Å². The molecule has 1 fully saturated rings. The fourth-order valence-corrected chi connectivity index (χ4v) is 4.02. The van der Waals surface area contributed by atoms with Gasteiger partial charge < -0.3 is 9.64 Å². The van der Waals surface area contributed by atoms with E-state index in [0.29, 0.717) is 19.5 Å². The summed E-state index contributed by atoms with van der Waals surface area (Å²) in [6.07, 6.45) is 3.32. The van der Waals surface area contributed by atoms with Crippen LogP contribution < -0.4 is 0 Å². The predicted molar refractivity (Wildman–Crippen MR) is 70.8 cm³/mol. The van der Waals surface area contributed by atoms with E-state index in [0.717, 1.165) is 24.8 Å². The Kier molecular flexibility index (Phi) is 2.72. The third-order valence-corrected chi connectivity index (χ3v) is 5.61. The van der Waals surface area contributed by atoms with Gasteiger partial charge in [-0.1, -0.05) is 0 Å². The van der Waals surface area contributed by atoms with E-state index in [-0.39, 0.29) is 17.3 Å². The molecule has 19 heavy (non-hydrogen) atoms. The molecule has 0 bridgehead atoms. The monoisotopic (exact) mass is 283 g/mol. The number of ether oxygens (including phenoxy) is 1. The van der Waals surface area contributed by atoms with Crippen molar-refractivity contribution in [3.8, 4) is 0 Å². The number of hydrogen-bond donors (Lipinski definition) is 0. The van der Waals surface area contributed by atoms with Crippen LogP contribution in [0, 0.1) is 5.41 Å². The van der Waals surface area contributed by atoms with Crippen molar-refractivity contribution in [1.82, 2.24) is 4.90 Å². The summed E-state index contributed by atoms with van der Waals surface area (Å²) in [6.45, 7) is 2.91. The molecule has 1 atom stereocenters. The number of rotatable bonds is 1. The number of carbonyl (C=O) groups excluding carboxylic acids is 2. The quantitative estimate of drug-likeness (QED) is 0.419. The minimum atomic E-state index is -0.923. The van der Waals surface area contributed by atoms with Crippen molar-refractivity contribution in [2.45, 2.75) is 37.5 Å². The highest BCUT2D eigenvalue weighted by molar-refractivity contribution is 6.35. The van der Waals surface area contributed by atoms with E-state index >= 15 is 0 Å². The summed E-state index contributed by atoms with van der Waals surface area (Å²) in [5, 5.41) is 0. The summed E-state index contributed by atoms with van der Waals surface area (Å²) in [7, 11) is 1.39. The van der Waals surface area contributed by atoms with E-state index in [1.54, 1.807) is 6.92 Å². The van der Waals surface area contributed by atoms with E-state index in [1.807, 2.05) is 4.90 Å². The number of methoxy groups -OCH3 is 1. The van der Waals surface area contributed by atoms with Gasteiger partial charge in [-0.15, -0.1) is 11.6 Å². The molecule has 1 aliphatic heterocycles. The smallest absolute Gasteiger partial charge is 0.327 e. The molecule has 1 amide bonds. The Hall–Kier alpha value is -1.03. The second-order valence-electron chi connectivity index (χ2n) is 6.01. The van der Waals surface area contributed by atoms with Crippen molar-refractivity contribution in [3.05, 3.63) is 11.1 Å². The molecule has 104 valence electrons. The SMILES string of the molecule is COC(=O)C1(Cl)CC2=C(CN(C(C)=O)C2)CC12CC2. The van der Waals surface area contributed by atoms with Crippen LogP contribution in [0.3, 0.4) is 0 Å². The topological polar surface area (TPSA) is 46.6 Å². The molecule has 0 saturated heterocycles. The van der Waals surface area contributed by atoms with Gasteiger partial charge >= 0.3 is 5.97 Å². The van der Waals surface area contributed by atoms with Crippen LogP contribution >= 0.6 is 11.6 Å². The lowest BCUT2D eigenvalue weighted by Crippen LogP contribution is -2.46. The van der Waals surface area contributed by atoms with Gasteiger partial charge in [-0.05, 0) is 30.4 Å². The number of nitrogens with zero attached hydrogens (tertiary/aromatic N) is 1. The van der Waals surface area contributed by atoms with Crippen LogP contribution in [0.5, 0.6) is 0 Å². The maximum absolute atomic E-state index is 12.1. The van der Waals surface area contributed by atoms with Crippen LogP contribution in [0.15, 0.2) is 11.1 Å². The lowest BCUT2D eigenvalue weighted by atomic mass is 9.73. The van der Waals surface area contributed by atoms with Gasteiger partial charge in [0, 0.05) is 31.8 Å². The largest absolute Gasteiger partial charge is 0.468 e. The van der Waals surface area contributed by atoms with E-state index in [2.05, 4.69) is 0 Å². The molecule has 0 aromatic rings. The molecular weight excluding hydrogens is 266 g/mol. The average molecular weight is 284 g/mol. The standard InChI is InChI=1S/C14H18ClNO3/c1-9(17)16-7-10-5-13(3-4-13)14(15,12(18)19-2)6-11(10)8-16/h3-8H2,1-2H3. The molecule has 3 aliphatic rings. The average Bonchev–Trinajstić information content (AvgIpc) is 3.03. The molecule has 1 saturated carbocycles. The van der Waals surface area contributed by atoms with Gasteiger partial charge in [0.05, 0.1) is 7.11 Å². The van der Waals surface area contributed by atoms with Gasteiger partial charge in [0.2, 0.25) is 5.91 Å². The van der Waals surface area contributed by atoms with Crippen LogP contribution in [0.1, 0.15) is 32.6 Å². The summed E-state index contributed by atoms with van der Waals surface area (Å²) in [4.78, 5) is 24.5. The van der Waals surface area contributed by atoms with Crippen LogP contribution in [0.25, 0.3) is 0 Å². The molecule has 4 nitrogen and oxygen atoms in total. The van der Waals surface area contributed by atoms with Crippen molar-refractivity contribution >= 4 is 23.5 Å². The fraction of sp³-hybridized carbons (Fsp3) is 0.714. The molecule has 1 spiro atoms. The summed E-state index contributed by atoms with van der Waals surface area (Å²) in [5.41, 5.74) is 2.34. The first kappa shape index (κ1) is 13.0. The number of carbonyl (C=O) groups is 2. The van der Waals surface area contributed by atoms with Gasteiger partial charge in [0.1, 0.15) is 0 Å². The third-order valence-electron chi connectivity index (χ3n) is 4.92. The zero-order valence-electron chi connectivity index (χ0n) is 11.3. The molecule has 1 unspecified atom stereocenters. The molecule has 0 radical (unpaired) electrons. The maximum atomic E-state index is 12.1. The van der Waals surface area contributed by atoms with E-state index < -0.39 is 4.87 Å². The van der Waals surface area contributed by atoms with Crippen molar-refractivity contribution in [3.63, 3.8) is 0 Å². The highest BCUT2D eigenvalue weighted by atomic mass is 35.5. The first-order chi connectivity index (χ1) is 8.92. The van der Waals surface area contributed by atoms with E-state index in [1.165, 1.54) is 12.7 Å². The first-order valence-corrected chi connectivity index (χ1v) is 7.02. The van der Waals surface area contributed by atoms with Crippen molar-refractivity contribution in [2.75, 3.05) is 20.2 Å². The second kappa shape index (κ2) is 3.98. The lowest BCUT2D eigenvalue weighted by molar-refractivity contribution is -0.146. The second-order valence-corrected chi connectivity index (χ2v) is 6.65. The van der Waals surface area contributed by atoms with Crippen LogP contribution in [0.2, 0.25) is 0 Å². The first-order valence-electron chi connectivity index (χ1n) is 6.64. The van der Waals surface area contributed by atoms with Gasteiger partial charge in [-0.25, -0.2) is 0 Å². The molecule has 0 N–H and O–H groups in total. The summed E-state index contributed by atoms with van der Waals surface area (Å²) in [6, 6.07) is 0. The van der Waals surface area contributed by atoms with Crippen LogP contribution in [0.4, 0.5) is 0 Å². The van der Waals surface area contributed by atoms with Crippen molar-refractivity contribution < 1.29 is 14.3 Å². The highest BCUT2D eigenvalue weighted by Gasteiger charge is 2.65. The van der Waals surface area contributed by atoms with E-state index in [9.17, 15) is 9.59 Å². The fourth-order valence-electron chi connectivity index (χ4n) is 3.53. The van der Waals surface area contributed by atoms with Gasteiger partial charge in [0.25, 0.3) is 0 Å². The predicted octanol–water partition coefficient (Wildman–Crippen LogP) is 1.87. The molecule has 0 aromatic carbocycles. The molecule has 1 heterocycles. The summed E-state index contributed by atoms with van der Waals surface area (Å²) >= 11 is 6.66. The van der Waals surface area contributed by atoms with Gasteiger partial charge in [-0.2, -0.15) is 0 Å². The minimum Gasteiger partial charge on any atom is -0.468 e. The van der Waals surface area contributed by atoms with Gasteiger partial charge in [-0.3, -0.25) is 9.59 Å². The number of hydrogen-bond acceptors (Lipinski definition) is 3. The van der Waals surface area contributed by atoms with Crippen LogP contribution in [-0.4, -0.2) is 41.8 Å². The Morgan fingerprint density at radius 1 is 1.21 bits per heavy atom. The molecule has 2 aliphatic carbocycles. The number of esters is 1. The number of amides is 1. The molecule has 5 heteroatoms. The Morgan fingerprint density at radius 3 is 2.26 bits per heavy atom. The van der Waals surface area contributed by atoms with Crippen molar-refractivity contribution in [2.24, 2.45) is 5.41 Å². The Bertz CT molecular complexity index is 495. The molecule has 3 rings (SSSR count). The van der Waals surface area contributed by atoms with Crippen molar-refractivity contribution in [1.29, 1.82) is 0 Å². The normalized spacial score (nSPS) is 31.4. The number of halogens is 1. The Morgan fingerprint density at radius 2 is 1.79 bits per heavy atom. The number of alkyl halides is 1. The highest BCUT2D eigenvalue weighted by Crippen LogP contribution is 2.66.